The number of amides is 1. The number of hydrogen-bond donors (Lipinski definition) is 1. The monoisotopic (exact) mass is 234 g/mol. The highest BCUT2D eigenvalue weighted by Crippen LogP contribution is 2.12. The third kappa shape index (κ3) is 4.89. The lowest BCUT2D eigenvalue weighted by atomic mass is 10.2. The van der Waals surface area contributed by atoms with Crippen molar-refractivity contribution in [3.63, 3.8) is 0 Å². The van der Waals surface area contributed by atoms with Gasteiger partial charge in [-0.1, -0.05) is 25.1 Å². The lowest BCUT2D eigenvalue weighted by molar-refractivity contribution is -0.120. The molecule has 0 aliphatic rings. The highest BCUT2D eigenvalue weighted by atomic mass is 16.1. The number of carbonyl (C=O) groups is 1. The molecule has 0 aliphatic heterocycles. The van der Waals surface area contributed by atoms with Crippen LogP contribution in [-0.4, -0.2) is 25.5 Å². The SMILES string of the molecule is CCC(=O)NCCCN(CC)c1ccccc1. The van der Waals surface area contributed by atoms with Crippen molar-refractivity contribution in [1.29, 1.82) is 0 Å². The molecule has 0 unspecified atom stereocenters. The summed E-state index contributed by atoms with van der Waals surface area (Å²) < 4.78 is 0. The fourth-order valence-electron chi connectivity index (χ4n) is 1.73. The van der Waals surface area contributed by atoms with E-state index in [1.54, 1.807) is 0 Å². The van der Waals surface area contributed by atoms with Gasteiger partial charge in [-0.25, -0.2) is 0 Å². The zero-order valence-corrected chi connectivity index (χ0v) is 10.8. The molecule has 3 nitrogen and oxygen atoms in total. The summed E-state index contributed by atoms with van der Waals surface area (Å²) in [5.74, 6) is 0.132. The molecule has 0 heterocycles. The highest BCUT2D eigenvalue weighted by Gasteiger charge is 2.03. The normalized spacial score (nSPS) is 10.0. The van der Waals surface area contributed by atoms with E-state index in [0.29, 0.717) is 6.42 Å². The second-order valence-electron chi connectivity index (χ2n) is 3.97. The van der Waals surface area contributed by atoms with Gasteiger partial charge in [0.15, 0.2) is 0 Å². The van der Waals surface area contributed by atoms with E-state index < -0.39 is 0 Å². The summed E-state index contributed by atoms with van der Waals surface area (Å²) in [6.45, 7) is 6.75. The molecule has 1 rings (SSSR count). The highest BCUT2D eigenvalue weighted by molar-refractivity contribution is 5.75. The summed E-state index contributed by atoms with van der Waals surface area (Å²) in [4.78, 5) is 13.4. The average molecular weight is 234 g/mol. The predicted molar refractivity (Wildman–Crippen MR) is 72.2 cm³/mol. The standard InChI is InChI=1S/C14H22N2O/c1-3-14(17)15-11-8-12-16(4-2)13-9-6-5-7-10-13/h5-7,9-10H,3-4,8,11-12H2,1-2H3,(H,15,17). The van der Waals surface area contributed by atoms with Crippen LogP contribution >= 0.6 is 0 Å². The quantitative estimate of drug-likeness (QED) is 0.735. The first kappa shape index (κ1) is 13.6. The van der Waals surface area contributed by atoms with Crippen LogP contribution in [-0.2, 0) is 4.79 Å². The Kier molecular flexibility index (Phi) is 6.15. The summed E-state index contributed by atoms with van der Waals surface area (Å²) >= 11 is 0. The van der Waals surface area contributed by atoms with Gasteiger partial charge in [0.2, 0.25) is 5.91 Å². The van der Waals surface area contributed by atoms with Crippen LogP contribution in [0.2, 0.25) is 0 Å². The second kappa shape index (κ2) is 7.71. The minimum absolute atomic E-state index is 0.132. The van der Waals surface area contributed by atoms with Gasteiger partial charge in [-0.3, -0.25) is 4.79 Å². The summed E-state index contributed by atoms with van der Waals surface area (Å²) in [6.07, 6.45) is 1.55. The largest absolute Gasteiger partial charge is 0.372 e. The minimum atomic E-state index is 0.132. The molecule has 3 heteroatoms. The van der Waals surface area contributed by atoms with Crippen molar-refractivity contribution in [3.8, 4) is 0 Å². The maximum absolute atomic E-state index is 11.1. The van der Waals surface area contributed by atoms with Crippen molar-refractivity contribution >= 4 is 11.6 Å². The van der Waals surface area contributed by atoms with E-state index in [4.69, 9.17) is 0 Å². The Bertz CT molecular complexity index is 324. The Hall–Kier alpha value is -1.51. The Morgan fingerprint density at radius 2 is 1.94 bits per heavy atom. The van der Waals surface area contributed by atoms with Crippen LogP contribution in [0, 0.1) is 0 Å². The van der Waals surface area contributed by atoms with E-state index in [-0.39, 0.29) is 5.91 Å². The van der Waals surface area contributed by atoms with Gasteiger partial charge in [0.05, 0.1) is 0 Å². The number of anilines is 1. The number of nitrogens with zero attached hydrogens (tertiary/aromatic N) is 1. The van der Waals surface area contributed by atoms with Crippen molar-refractivity contribution in [2.45, 2.75) is 26.7 Å². The fraction of sp³-hybridized carbons (Fsp3) is 0.500. The van der Waals surface area contributed by atoms with Gasteiger partial charge in [0.1, 0.15) is 0 Å². The molecular formula is C14H22N2O. The van der Waals surface area contributed by atoms with Crippen LogP contribution in [0.5, 0.6) is 0 Å². The molecule has 0 fully saturated rings. The molecular weight excluding hydrogens is 212 g/mol. The number of carbonyl (C=O) groups excluding carboxylic acids is 1. The maximum atomic E-state index is 11.1. The molecule has 0 aromatic heterocycles. The molecule has 0 saturated carbocycles. The third-order valence-electron chi connectivity index (χ3n) is 2.75. The van der Waals surface area contributed by atoms with E-state index in [9.17, 15) is 4.79 Å². The van der Waals surface area contributed by atoms with Gasteiger partial charge in [0.25, 0.3) is 0 Å². The van der Waals surface area contributed by atoms with Crippen LogP contribution in [0.1, 0.15) is 26.7 Å². The van der Waals surface area contributed by atoms with E-state index >= 15 is 0 Å². The molecule has 0 aliphatic carbocycles. The Balaban J connectivity index is 2.31. The molecule has 0 radical (unpaired) electrons. The Morgan fingerprint density at radius 3 is 2.53 bits per heavy atom. The van der Waals surface area contributed by atoms with Crippen molar-refractivity contribution in [1.82, 2.24) is 5.32 Å². The number of benzene rings is 1. The molecule has 1 aromatic carbocycles. The molecule has 0 saturated heterocycles. The van der Waals surface area contributed by atoms with Crippen LogP contribution < -0.4 is 10.2 Å². The maximum Gasteiger partial charge on any atom is 0.219 e. The molecule has 1 N–H and O–H groups in total. The van der Waals surface area contributed by atoms with Crippen LogP contribution in [0.4, 0.5) is 5.69 Å². The molecule has 1 aromatic rings. The number of para-hydroxylation sites is 1. The van der Waals surface area contributed by atoms with Gasteiger partial charge < -0.3 is 10.2 Å². The summed E-state index contributed by atoms with van der Waals surface area (Å²) in [5.41, 5.74) is 1.25. The van der Waals surface area contributed by atoms with E-state index in [1.807, 2.05) is 13.0 Å². The fourth-order valence-corrected chi connectivity index (χ4v) is 1.73. The summed E-state index contributed by atoms with van der Waals surface area (Å²) in [7, 11) is 0. The van der Waals surface area contributed by atoms with Crippen molar-refractivity contribution in [2.75, 3.05) is 24.5 Å². The molecule has 94 valence electrons. The van der Waals surface area contributed by atoms with Gasteiger partial charge in [-0.15, -0.1) is 0 Å². The average Bonchev–Trinajstić information content (AvgIpc) is 2.39. The van der Waals surface area contributed by atoms with Crippen molar-refractivity contribution < 1.29 is 4.79 Å². The van der Waals surface area contributed by atoms with Crippen molar-refractivity contribution in [2.24, 2.45) is 0 Å². The Labute approximate surface area is 104 Å². The first-order valence-electron chi connectivity index (χ1n) is 6.34. The first-order chi connectivity index (χ1) is 8.27. The zero-order valence-electron chi connectivity index (χ0n) is 10.8. The molecule has 17 heavy (non-hydrogen) atoms. The molecule has 1 amide bonds. The lowest BCUT2D eigenvalue weighted by Crippen LogP contribution is -2.29. The van der Waals surface area contributed by atoms with Crippen LogP contribution in [0.25, 0.3) is 0 Å². The number of hydrogen-bond acceptors (Lipinski definition) is 2. The smallest absolute Gasteiger partial charge is 0.219 e. The predicted octanol–water partition coefficient (Wildman–Crippen LogP) is 2.43. The van der Waals surface area contributed by atoms with E-state index in [1.165, 1.54) is 5.69 Å². The summed E-state index contributed by atoms with van der Waals surface area (Å²) in [6, 6.07) is 10.4. The molecule has 0 spiro atoms. The first-order valence-corrected chi connectivity index (χ1v) is 6.34. The van der Waals surface area contributed by atoms with Crippen LogP contribution in [0.3, 0.4) is 0 Å². The number of rotatable bonds is 7. The van der Waals surface area contributed by atoms with Crippen LogP contribution in [0.15, 0.2) is 30.3 Å². The zero-order chi connectivity index (χ0) is 12.5. The van der Waals surface area contributed by atoms with Gasteiger partial charge in [0, 0.05) is 31.7 Å². The van der Waals surface area contributed by atoms with E-state index in [2.05, 4.69) is 41.4 Å². The Morgan fingerprint density at radius 1 is 1.24 bits per heavy atom. The molecule has 0 atom stereocenters. The topological polar surface area (TPSA) is 32.3 Å². The van der Waals surface area contributed by atoms with Gasteiger partial charge >= 0.3 is 0 Å². The van der Waals surface area contributed by atoms with E-state index in [0.717, 1.165) is 26.1 Å². The lowest BCUT2D eigenvalue weighted by Gasteiger charge is -2.23. The van der Waals surface area contributed by atoms with Crippen molar-refractivity contribution in [3.05, 3.63) is 30.3 Å². The number of nitrogens with one attached hydrogen (secondary N) is 1. The third-order valence-corrected chi connectivity index (χ3v) is 2.75. The molecule has 0 bridgehead atoms. The minimum Gasteiger partial charge on any atom is -0.372 e. The summed E-state index contributed by atoms with van der Waals surface area (Å²) in [5, 5.41) is 2.90. The van der Waals surface area contributed by atoms with Gasteiger partial charge in [-0.05, 0) is 25.5 Å². The van der Waals surface area contributed by atoms with Gasteiger partial charge in [-0.2, -0.15) is 0 Å². The second-order valence-corrected chi connectivity index (χ2v) is 3.97.